The van der Waals surface area contributed by atoms with Crippen molar-refractivity contribution >= 4 is 11.8 Å². The van der Waals surface area contributed by atoms with Crippen molar-refractivity contribution in [2.45, 2.75) is 19.8 Å². The summed E-state index contributed by atoms with van der Waals surface area (Å²) in [4.78, 5) is 13.1. The molecule has 1 rings (SSSR count). The van der Waals surface area contributed by atoms with E-state index in [1.807, 2.05) is 0 Å². The number of amides is 1. The Morgan fingerprint density at radius 2 is 2.21 bits per heavy atom. The minimum Gasteiger partial charge on any atom is -0.449 e. The number of carbonyl (C=O) groups is 1. The highest BCUT2D eigenvalue weighted by atomic mass is 16.5. The summed E-state index contributed by atoms with van der Waals surface area (Å²) in [6, 6.07) is 0. The zero-order valence-electron chi connectivity index (χ0n) is 8.75. The van der Waals surface area contributed by atoms with Crippen LogP contribution in [-0.4, -0.2) is 43.4 Å². The Kier molecular flexibility index (Phi) is 4.39. The van der Waals surface area contributed by atoms with Crippen LogP contribution in [0.15, 0.2) is 5.10 Å². The molecule has 1 saturated heterocycles. The second-order valence-electron chi connectivity index (χ2n) is 3.31. The topological polar surface area (TPSA) is 53.9 Å². The van der Waals surface area contributed by atoms with Gasteiger partial charge in [0, 0.05) is 31.6 Å². The zero-order chi connectivity index (χ0) is 10.4. The fraction of sp³-hybridized carbons (Fsp3) is 0.778. The molecule has 5 nitrogen and oxygen atoms in total. The summed E-state index contributed by atoms with van der Waals surface area (Å²) in [7, 11) is 2.08. The number of hydrogen-bond acceptors (Lipinski definition) is 4. The van der Waals surface area contributed by atoms with E-state index in [9.17, 15) is 4.79 Å². The van der Waals surface area contributed by atoms with Crippen LogP contribution in [0.3, 0.4) is 0 Å². The fourth-order valence-corrected chi connectivity index (χ4v) is 1.28. The highest BCUT2D eigenvalue weighted by Crippen LogP contribution is 2.03. The van der Waals surface area contributed by atoms with Gasteiger partial charge in [0.25, 0.3) is 0 Å². The highest BCUT2D eigenvalue weighted by Gasteiger charge is 2.11. The van der Waals surface area contributed by atoms with Gasteiger partial charge in [-0.05, 0) is 14.0 Å². The third kappa shape index (κ3) is 3.74. The fourth-order valence-electron chi connectivity index (χ4n) is 1.28. The van der Waals surface area contributed by atoms with E-state index in [0.29, 0.717) is 6.61 Å². The van der Waals surface area contributed by atoms with Gasteiger partial charge in [0.15, 0.2) is 0 Å². The van der Waals surface area contributed by atoms with E-state index in [-0.39, 0.29) is 0 Å². The molecular formula is C9H17N3O2. The maximum absolute atomic E-state index is 10.9. The molecule has 1 N–H and O–H groups in total. The minimum atomic E-state index is -0.473. The van der Waals surface area contributed by atoms with Crippen LogP contribution in [0, 0.1) is 0 Å². The average Bonchev–Trinajstić information content (AvgIpc) is 2.17. The van der Waals surface area contributed by atoms with Gasteiger partial charge < -0.3 is 9.64 Å². The van der Waals surface area contributed by atoms with Gasteiger partial charge in [-0.1, -0.05) is 0 Å². The van der Waals surface area contributed by atoms with Gasteiger partial charge in [0.05, 0.1) is 6.61 Å². The van der Waals surface area contributed by atoms with Crippen molar-refractivity contribution in [2.24, 2.45) is 5.10 Å². The second kappa shape index (κ2) is 5.59. The van der Waals surface area contributed by atoms with Crippen molar-refractivity contribution in [1.29, 1.82) is 0 Å². The molecule has 0 aliphatic carbocycles. The van der Waals surface area contributed by atoms with Gasteiger partial charge >= 0.3 is 6.09 Å². The smallest absolute Gasteiger partial charge is 0.427 e. The number of ether oxygens (including phenoxy) is 1. The number of hydrogen-bond donors (Lipinski definition) is 1. The molecule has 14 heavy (non-hydrogen) atoms. The normalized spacial score (nSPS) is 17.7. The van der Waals surface area contributed by atoms with Crippen LogP contribution in [0.1, 0.15) is 19.8 Å². The average molecular weight is 199 g/mol. The Balaban J connectivity index is 2.27. The van der Waals surface area contributed by atoms with E-state index in [2.05, 4.69) is 27.2 Å². The lowest BCUT2D eigenvalue weighted by molar-refractivity contribution is 0.152. The zero-order valence-corrected chi connectivity index (χ0v) is 8.75. The summed E-state index contributed by atoms with van der Waals surface area (Å²) in [5.41, 5.74) is 3.41. The molecule has 0 aromatic carbocycles. The number of likely N-dealkylation sites (tertiary alicyclic amines) is 1. The summed E-state index contributed by atoms with van der Waals surface area (Å²) in [6.45, 7) is 4.15. The van der Waals surface area contributed by atoms with Crippen molar-refractivity contribution in [2.75, 3.05) is 26.7 Å². The van der Waals surface area contributed by atoms with Gasteiger partial charge in [0.1, 0.15) is 0 Å². The number of piperidine rings is 1. The quantitative estimate of drug-likeness (QED) is 0.670. The molecule has 1 aliphatic rings. The molecule has 0 aromatic heterocycles. The lowest BCUT2D eigenvalue weighted by atomic mass is 10.1. The number of nitrogens with one attached hydrogen (secondary N) is 1. The third-order valence-electron chi connectivity index (χ3n) is 2.14. The molecule has 1 amide bonds. The van der Waals surface area contributed by atoms with E-state index >= 15 is 0 Å². The minimum absolute atomic E-state index is 0.374. The van der Waals surface area contributed by atoms with Crippen molar-refractivity contribution in [3.8, 4) is 0 Å². The van der Waals surface area contributed by atoms with Gasteiger partial charge in [0.2, 0.25) is 0 Å². The summed E-state index contributed by atoms with van der Waals surface area (Å²) >= 11 is 0. The number of rotatable bonds is 2. The van der Waals surface area contributed by atoms with E-state index < -0.39 is 6.09 Å². The molecule has 0 radical (unpaired) electrons. The number of carbonyl (C=O) groups excluding carboxylic acids is 1. The molecule has 5 heteroatoms. The van der Waals surface area contributed by atoms with Crippen LogP contribution in [0.5, 0.6) is 0 Å². The Bertz CT molecular complexity index is 218. The standard InChI is InChI=1S/C9H17N3O2/c1-3-14-9(13)11-10-8-4-6-12(2)7-5-8/h3-7H2,1-2H3,(H,11,13). The Morgan fingerprint density at radius 1 is 1.57 bits per heavy atom. The Morgan fingerprint density at radius 3 is 2.79 bits per heavy atom. The Labute approximate surface area is 84.1 Å². The summed E-state index contributed by atoms with van der Waals surface area (Å²) in [5.74, 6) is 0. The maximum Gasteiger partial charge on any atom is 0.427 e. The first-order chi connectivity index (χ1) is 6.72. The predicted molar refractivity (Wildman–Crippen MR) is 54.3 cm³/mol. The van der Waals surface area contributed by atoms with Crippen molar-refractivity contribution in [3.05, 3.63) is 0 Å². The monoisotopic (exact) mass is 199 g/mol. The van der Waals surface area contributed by atoms with Crippen LogP contribution >= 0.6 is 0 Å². The van der Waals surface area contributed by atoms with Crippen molar-refractivity contribution < 1.29 is 9.53 Å². The third-order valence-corrected chi connectivity index (χ3v) is 2.14. The molecule has 1 heterocycles. The molecule has 0 spiro atoms. The number of nitrogens with zero attached hydrogens (tertiary/aromatic N) is 2. The SMILES string of the molecule is CCOC(=O)NN=C1CCN(C)CC1. The molecule has 0 bridgehead atoms. The van der Waals surface area contributed by atoms with Gasteiger partial charge in [-0.25, -0.2) is 10.2 Å². The van der Waals surface area contributed by atoms with Gasteiger partial charge in [-0.2, -0.15) is 5.10 Å². The summed E-state index contributed by atoms with van der Waals surface area (Å²) < 4.78 is 4.69. The van der Waals surface area contributed by atoms with Crippen LogP contribution in [0.2, 0.25) is 0 Å². The lowest BCUT2D eigenvalue weighted by Gasteiger charge is -2.22. The van der Waals surface area contributed by atoms with E-state index in [0.717, 1.165) is 31.6 Å². The van der Waals surface area contributed by atoms with Crippen molar-refractivity contribution in [3.63, 3.8) is 0 Å². The molecular weight excluding hydrogens is 182 g/mol. The molecule has 0 unspecified atom stereocenters. The predicted octanol–water partition coefficient (Wildman–Crippen LogP) is 0.814. The first kappa shape index (κ1) is 11.0. The molecule has 1 aliphatic heterocycles. The van der Waals surface area contributed by atoms with Crippen molar-refractivity contribution in [1.82, 2.24) is 10.3 Å². The van der Waals surface area contributed by atoms with E-state index in [4.69, 9.17) is 0 Å². The van der Waals surface area contributed by atoms with E-state index in [1.165, 1.54) is 0 Å². The first-order valence-corrected chi connectivity index (χ1v) is 4.89. The highest BCUT2D eigenvalue weighted by molar-refractivity contribution is 5.86. The van der Waals surface area contributed by atoms with E-state index in [1.54, 1.807) is 6.92 Å². The lowest BCUT2D eigenvalue weighted by Crippen LogP contribution is -2.32. The first-order valence-electron chi connectivity index (χ1n) is 4.89. The number of hydrazone groups is 1. The second-order valence-corrected chi connectivity index (χ2v) is 3.31. The summed E-state index contributed by atoms with van der Waals surface area (Å²) in [5, 5.41) is 4.00. The Hall–Kier alpha value is -1.10. The van der Waals surface area contributed by atoms with Gasteiger partial charge in [-0.15, -0.1) is 0 Å². The van der Waals surface area contributed by atoms with Crippen LogP contribution in [-0.2, 0) is 4.74 Å². The summed E-state index contributed by atoms with van der Waals surface area (Å²) in [6.07, 6.45) is 1.37. The van der Waals surface area contributed by atoms with Gasteiger partial charge in [-0.3, -0.25) is 0 Å². The van der Waals surface area contributed by atoms with Crippen LogP contribution in [0.25, 0.3) is 0 Å². The molecule has 1 fully saturated rings. The molecule has 0 atom stereocenters. The molecule has 80 valence electrons. The molecule has 0 aromatic rings. The van der Waals surface area contributed by atoms with Crippen LogP contribution < -0.4 is 5.43 Å². The largest absolute Gasteiger partial charge is 0.449 e. The molecule has 0 saturated carbocycles. The maximum atomic E-state index is 10.9. The van der Waals surface area contributed by atoms with Crippen LogP contribution in [0.4, 0.5) is 4.79 Å².